The van der Waals surface area contributed by atoms with E-state index in [0.29, 0.717) is 0 Å². The molecule has 0 saturated heterocycles. The quantitative estimate of drug-likeness (QED) is 0.861. The van der Waals surface area contributed by atoms with E-state index < -0.39 is 0 Å². The summed E-state index contributed by atoms with van der Waals surface area (Å²) >= 11 is 3.42. The monoisotopic (exact) mass is 242 g/mol. The van der Waals surface area contributed by atoms with Gasteiger partial charge in [0, 0.05) is 4.47 Å². The minimum Gasteiger partial charge on any atom is -0.393 e. The highest BCUT2D eigenvalue weighted by molar-refractivity contribution is 9.10. The van der Waals surface area contributed by atoms with Crippen LogP contribution in [-0.4, -0.2) is 11.2 Å². The van der Waals surface area contributed by atoms with E-state index in [9.17, 15) is 5.11 Å². The van der Waals surface area contributed by atoms with Crippen LogP contribution in [0.4, 0.5) is 0 Å². The van der Waals surface area contributed by atoms with Crippen LogP contribution in [0.2, 0.25) is 0 Å². The molecule has 1 unspecified atom stereocenters. The van der Waals surface area contributed by atoms with Crippen LogP contribution in [0.1, 0.15) is 25.3 Å². The number of halogens is 1. The summed E-state index contributed by atoms with van der Waals surface area (Å²) in [5, 5.41) is 9.38. The summed E-state index contributed by atoms with van der Waals surface area (Å²) in [5.74, 6) is 0. The van der Waals surface area contributed by atoms with Gasteiger partial charge in [-0.05, 0) is 37.0 Å². The van der Waals surface area contributed by atoms with Gasteiger partial charge in [-0.2, -0.15) is 0 Å². The van der Waals surface area contributed by atoms with Gasteiger partial charge in [-0.15, -0.1) is 0 Å². The van der Waals surface area contributed by atoms with Crippen molar-refractivity contribution in [1.82, 2.24) is 0 Å². The predicted octanol–water partition coefficient (Wildman–Crippen LogP) is 3.15. The molecule has 2 heteroatoms. The Balaban J connectivity index is 2.45. The predicted molar refractivity (Wildman–Crippen MR) is 58.8 cm³/mol. The standard InChI is InChI=1S/C11H15BrO/c1-2-11(13)7-6-9-4-3-5-10(12)8-9/h3-5,8,11,13H,2,6-7H2,1H3. The van der Waals surface area contributed by atoms with Crippen LogP contribution in [0.25, 0.3) is 0 Å². The van der Waals surface area contributed by atoms with Crippen molar-refractivity contribution >= 4 is 15.9 Å². The van der Waals surface area contributed by atoms with E-state index in [1.165, 1.54) is 5.56 Å². The summed E-state index contributed by atoms with van der Waals surface area (Å²) in [4.78, 5) is 0. The topological polar surface area (TPSA) is 20.2 Å². The summed E-state index contributed by atoms with van der Waals surface area (Å²) in [7, 11) is 0. The third kappa shape index (κ3) is 3.92. The second-order valence-electron chi connectivity index (χ2n) is 3.23. The highest BCUT2D eigenvalue weighted by Crippen LogP contribution is 2.14. The van der Waals surface area contributed by atoms with E-state index in [1.807, 2.05) is 19.1 Å². The number of hydrogen-bond donors (Lipinski definition) is 1. The van der Waals surface area contributed by atoms with Crippen molar-refractivity contribution in [2.24, 2.45) is 0 Å². The number of aryl methyl sites for hydroxylation is 1. The molecule has 0 fully saturated rings. The Morgan fingerprint density at radius 3 is 2.85 bits per heavy atom. The minimum atomic E-state index is -0.154. The molecule has 1 rings (SSSR count). The molecule has 0 spiro atoms. The van der Waals surface area contributed by atoms with Crippen molar-refractivity contribution < 1.29 is 5.11 Å². The molecule has 0 aromatic heterocycles. The van der Waals surface area contributed by atoms with Crippen LogP contribution in [0, 0.1) is 0 Å². The van der Waals surface area contributed by atoms with Gasteiger partial charge >= 0.3 is 0 Å². The lowest BCUT2D eigenvalue weighted by atomic mass is 10.1. The third-order valence-electron chi connectivity index (χ3n) is 2.13. The zero-order valence-electron chi connectivity index (χ0n) is 7.83. The van der Waals surface area contributed by atoms with Gasteiger partial charge in [0.05, 0.1) is 6.10 Å². The van der Waals surface area contributed by atoms with E-state index in [-0.39, 0.29) is 6.10 Å². The Hall–Kier alpha value is -0.340. The fraction of sp³-hybridized carbons (Fsp3) is 0.455. The van der Waals surface area contributed by atoms with Crippen LogP contribution in [0.15, 0.2) is 28.7 Å². The number of aliphatic hydroxyl groups is 1. The molecule has 0 radical (unpaired) electrons. The summed E-state index contributed by atoms with van der Waals surface area (Å²) in [6, 6.07) is 8.23. The lowest BCUT2D eigenvalue weighted by Crippen LogP contribution is -2.05. The highest BCUT2D eigenvalue weighted by Gasteiger charge is 2.01. The molecule has 0 bridgehead atoms. The van der Waals surface area contributed by atoms with E-state index in [0.717, 1.165) is 23.7 Å². The van der Waals surface area contributed by atoms with Crippen LogP contribution in [-0.2, 0) is 6.42 Å². The number of benzene rings is 1. The number of rotatable bonds is 4. The lowest BCUT2D eigenvalue weighted by molar-refractivity contribution is 0.160. The van der Waals surface area contributed by atoms with Crippen molar-refractivity contribution in [3.8, 4) is 0 Å². The maximum absolute atomic E-state index is 9.38. The first-order chi connectivity index (χ1) is 6.22. The van der Waals surface area contributed by atoms with Crippen molar-refractivity contribution in [3.05, 3.63) is 34.3 Å². The van der Waals surface area contributed by atoms with Crippen LogP contribution in [0.5, 0.6) is 0 Å². The fourth-order valence-electron chi connectivity index (χ4n) is 1.23. The molecule has 0 heterocycles. The van der Waals surface area contributed by atoms with Gasteiger partial charge in [0.1, 0.15) is 0 Å². The average Bonchev–Trinajstić information content (AvgIpc) is 2.14. The molecule has 1 atom stereocenters. The molecule has 0 amide bonds. The Morgan fingerprint density at radius 1 is 1.46 bits per heavy atom. The molecule has 0 aliphatic heterocycles. The summed E-state index contributed by atoms with van der Waals surface area (Å²) in [5.41, 5.74) is 1.28. The zero-order chi connectivity index (χ0) is 9.68. The first-order valence-electron chi connectivity index (χ1n) is 4.65. The van der Waals surface area contributed by atoms with Gasteiger partial charge in [-0.3, -0.25) is 0 Å². The van der Waals surface area contributed by atoms with Gasteiger partial charge in [0.15, 0.2) is 0 Å². The van der Waals surface area contributed by atoms with Crippen LogP contribution >= 0.6 is 15.9 Å². The van der Waals surface area contributed by atoms with Gasteiger partial charge in [-0.1, -0.05) is 35.0 Å². The maximum atomic E-state index is 9.38. The molecule has 1 aromatic rings. The molecule has 0 saturated carbocycles. The molecular formula is C11H15BrO. The second-order valence-corrected chi connectivity index (χ2v) is 4.15. The zero-order valence-corrected chi connectivity index (χ0v) is 9.42. The Labute approximate surface area is 87.9 Å². The first kappa shape index (κ1) is 10.7. The molecular weight excluding hydrogens is 228 g/mol. The second kappa shape index (κ2) is 5.40. The third-order valence-corrected chi connectivity index (χ3v) is 2.62. The van der Waals surface area contributed by atoms with Gasteiger partial charge in [0.2, 0.25) is 0 Å². The molecule has 1 N–H and O–H groups in total. The summed E-state index contributed by atoms with van der Waals surface area (Å²) < 4.78 is 1.11. The fourth-order valence-corrected chi connectivity index (χ4v) is 1.68. The molecule has 1 aromatic carbocycles. The smallest absolute Gasteiger partial charge is 0.0540 e. The van der Waals surface area contributed by atoms with Gasteiger partial charge < -0.3 is 5.11 Å². The van der Waals surface area contributed by atoms with Crippen LogP contribution < -0.4 is 0 Å². The Bertz CT molecular complexity index is 260. The van der Waals surface area contributed by atoms with E-state index in [1.54, 1.807) is 0 Å². The van der Waals surface area contributed by atoms with E-state index in [2.05, 4.69) is 28.1 Å². The SMILES string of the molecule is CCC(O)CCc1cccc(Br)c1. The van der Waals surface area contributed by atoms with Crippen LogP contribution in [0.3, 0.4) is 0 Å². The lowest BCUT2D eigenvalue weighted by Gasteiger charge is -2.07. The first-order valence-corrected chi connectivity index (χ1v) is 5.44. The number of aliphatic hydroxyl groups excluding tert-OH is 1. The maximum Gasteiger partial charge on any atom is 0.0540 e. The van der Waals surface area contributed by atoms with Gasteiger partial charge in [0.25, 0.3) is 0 Å². The largest absolute Gasteiger partial charge is 0.393 e. The van der Waals surface area contributed by atoms with E-state index >= 15 is 0 Å². The summed E-state index contributed by atoms with van der Waals surface area (Å²) in [6.45, 7) is 2.01. The highest BCUT2D eigenvalue weighted by atomic mass is 79.9. The van der Waals surface area contributed by atoms with Crippen molar-refractivity contribution in [3.63, 3.8) is 0 Å². The van der Waals surface area contributed by atoms with Crippen molar-refractivity contribution in [1.29, 1.82) is 0 Å². The molecule has 0 aliphatic rings. The Kier molecular flexibility index (Phi) is 4.46. The summed E-state index contributed by atoms with van der Waals surface area (Å²) in [6.07, 6.45) is 2.49. The number of hydrogen-bond acceptors (Lipinski definition) is 1. The molecule has 13 heavy (non-hydrogen) atoms. The average molecular weight is 243 g/mol. The Morgan fingerprint density at radius 2 is 2.23 bits per heavy atom. The van der Waals surface area contributed by atoms with Crippen molar-refractivity contribution in [2.75, 3.05) is 0 Å². The van der Waals surface area contributed by atoms with E-state index in [4.69, 9.17) is 0 Å². The minimum absolute atomic E-state index is 0.154. The van der Waals surface area contributed by atoms with Crippen molar-refractivity contribution in [2.45, 2.75) is 32.3 Å². The molecule has 1 nitrogen and oxygen atoms in total. The van der Waals surface area contributed by atoms with Gasteiger partial charge in [-0.25, -0.2) is 0 Å². The molecule has 72 valence electrons. The normalized spacial score (nSPS) is 12.8. The molecule has 0 aliphatic carbocycles.